The Morgan fingerprint density at radius 2 is 2.23 bits per heavy atom. The van der Waals surface area contributed by atoms with Crippen molar-refractivity contribution in [1.82, 2.24) is 5.32 Å². The molecule has 1 aromatic carbocycles. The Labute approximate surface area is 82.3 Å². The van der Waals surface area contributed by atoms with Crippen LogP contribution in [-0.2, 0) is 0 Å². The molecule has 1 aromatic rings. The number of amides is 2. The van der Waals surface area contributed by atoms with Gasteiger partial charge in [-0.3, -0.25) is 4.90 Å². The maximum Gasteiger partial charge on any atom is 0.321 e. The number of hydrogen-bond acceptors (Lipinski definition) is 1. The molecule has 70 valence electrons. The molecule has 2 amide bonds. The summed E-state index contributed by atoms with van der Waals surface area (Å²) < 4.78 is 0. The second-order valence-corrected chi connectivity index (χ2v) is 3.03. The molecule has 0 aliphatic rings. The first-order chi connectivity index (χ1) is 6.15. The van der Waals surface area contributed by atoms with Crippen molar-refractivity contribution in [2.75, 3.05) is 19.0 Å². The number of carbonyl (C=O) groups is 1. The molecule has 1 rings (SSSR count). The van der Waals surface area contributed by atoms with Gasteiger partial charge in [-0.15, -0.1) is 0 Å². The fourth-order valence-corrected chi connectivity index (χ4v) is 1.15. The number of rotatable bonds is 1. The molecule has 0 atom stereocenters. The highest BCUT2D eigenvalue weighted by Crippen LogP contribution is 2.17. The topological polar surface area (TPSA) is 32.3 Å². The van der Waals surface area contributed by atoms with Crippen LogP contribution in [0.5, 0.6) is 0 Å². The first-order valence-electron chi connectivity index (χ1n) is 3.86. The lowest BCUT2D eigenvalue weighted by atomic mass is 10.3. The number of anilines is 1. The zero-order chi connectivity index (χ0) is 9.84. The molecule has 13 heavy (non-hydrogen) atoms. The van der Waals surface area contributed by atoms with Gasteiger partial charge >= 0.3 is 6.03 Å². The third-order valence-electron chi connectivity index (χ3n) is 1.71. The molecule has 0 fully saturated rings. The summed E-state index contributed by atoms with van der Waals surface area (Å²) in [6.45, 7) is 0. The van der Waals surface area contributed by atoms with Crippen LogP contribution in [0.15, 0.2) is 24.3 Å². The van der Waals surface area contributed by atoms with Crippen LogP contribution in [0.3, 0.4) is 0 Å². The first kappa shape index (κ1) is 9.86. The van der Waals surface area contributed by atoms with Gasteiger partial charge in [0, 0.05) is 24.8 Å². The molecular formula is C9H11ClN2O. The van der Waals surface area contributed by atoms with E-state index in [0.717, 1.165) is 5.69 Å². The van der Waals surface area contributed by atoms with Crippen LogP contribution < -0.4 is 10.2 Å². The van der Waals surface area contributed by atoms with E-state index < -0.39 is 0 Å². The van der Waals surface area contributed by atoms with Gasteiger partial charge in [-0.2, -0.15) is 0 Å². The summed E-state index contributed by atoms with van der Waals surface area (Å²) in [6.07, 6.45) is 0. The van der Waals surface area contributed by atoms with Crippen LogP contribution in [0.4, 0.5) is 10.5 Å². The van der Waals surface area contributed by atoms with Gasteiger partial charge in [-0.05, 0) is 18.2 Å². The van der Waals surface area contributed by atoms with E-state index >= 15 is 0 Å². The van der Waals surface area contributed by atoms with Crippen molar-refractivity contribution < 1.29 is 4.79 Å². The second-order valence-electron chi connectivity index (χ2n) is 2.59. The summed E-state index contributed by atoms with van der Waals surface area (Å²) in [7, 11) is 3.27. The molecule has 0 aromatic heterocycles. The smallest absolute Gasteiger partial charge is 0.321 e. The molecule has 1 N–H and O–H groups in total. The van der Waals surface area contributed by atoms with Crippen molar-refractivity contribution in [2.45, 2.75) is 0 Å². The van der Waals surface area contributed by atoms with Gasteiger partial charge in [0.15, 0.2) is 0 Å². The molecule has 0 radical (unpaired) electrons. The number of halogens is 1. The Hall–Kier alpha value is -1.22. The minimum atomic E-state index is -0.165. The van der Waals surface area contributed by atoms with Gasteiger partial charge < -0.3 is 5.32 Å². The number of urea groups is 1. The zero-order valence-corrected chi connectivity index (χ0v) is 8.30. The quantitative estimate of drug-likeness (QED) is 0.737. The van der Waals surface area contributed by atoms with Crippen LogP contribution in [-0.4, -0.2) is 20.1 Å². The lowest BCUT2D eigenvalue weighted by Gasteiger charge is -2.16. The molecule has 0 saturated heterocycles. The molecule has 0 bridgehead atoms. The summed E-state index contributed by atoms with van der Waals surface area (Å²) in [5, 5.41) is 3.15. The number of carbonyl (C=O) groups excluding carboxylic acids is 1. The maximum atomic E-state index is 11.2. The minimum absolute atomic E-state index is 0.165. The van der Waals surface area contributed by atoms with Gasteiger partial charge in [-0.25, -0.2) is 4.79 Å². The number of nitrogens with one attached hydrogen (secondary N) is 1. The molecule has 0 aliphatic heterocycles. The highest BCUT2D eigenvalue weighted by Gasteiger charge is 2.07. The molecule has 4 heteroatoms. The third-order valence-corrected chi connectivity index (χ3v) is 1.95. The average molecular weight is 199 g/mol. The fourth-order valence-electron chi connectivity index (χ4n) is 0.970. The predicted molar refractivity (Wildman–Crippen MR) is 54.3 cm³/mol. The van der Waals surface area contributed by atoms with E-state index in [4.69, 9.17) is 11.6 Å². The Morgan fingerprint density at radius 1 is 1.54 bits per heavy atom. The SMILES string of the molecule is CNC(=O)N(C)c1cccc(Cl)c1. The van der Waals surface area contributed by atoms with E-state index in [-0.39, 0.29) is 6.03 Å². The molecule has 0 heterocycles. The van der Waals surface area contributed by atoms with Crippen molar-refractivity contribution >= 4 is 23.3 Å². The van der Waals surface area contributed by atoms with Crippen LogP contribution in [0.1, 0.15) is 0 Å². The highest BCUT2D eigenvalue weighted by molar-refractivity contribution is 6.30. The summed E-state index contributed by atoms with van der Waals surface area (Å²) in [5.74, 6) is 0. The van der Waals surface area contributed by atoms with E-state index in [1.165, 1.54) is 4.90 Å². The molecule has 0 spiro atoms. The zero-order valence-electron chi connectivity index (χ0n) is 7.54. The fraction of sp³-hybridized carbons (Fsp3) is 0.222. The van der Waals surface area contributed by atoms with Crippen molar-refractivity contribution in [3.8, 4) is 0 Å². The van der Waals surface area contributed by atoms with Crippen LogP contribution in [0.25, 0.3) is 0 Å². The Bertz CT molecular complexity index is 314. The second kappa shape index (κ2) is 4.14. The van der Waals surface area contributed by atoms with Crippen molar-refractivity contribution in [3.05, 3.63) is 29.3 Å². The number of hydrogen-bond donors (Lipinski definition) is 1. The van der Waals surface area contributed by atoms with E-state index in [0.29, 0.717) is 5.02 Å². The van der Waals surface area contributed by atoms with E-state index in [1.807, 2.05) is 6.07 Å². The maximum absolute atomic E-state index is 11.2. The van der Waals surface area contributed by atoms with Crippen molar-refractivity contribution in [1.29, 1.82) is 0 Å². The Morgan fingerprint density at radius 3 is 2.77 bits per heavy atom. The van der Waals surface area contributed by atoms with Gasteiger partial charge in [0.1, 0.15) is 0 Å². The Kier molecular flexibility index (Phi) is 3.14. The number of nitrogens with zero attached hydrogens (tertiary/aromatic N) is 1. The predicted octanol–water partition coefficient (Wildman–Crippen LogP) is 2.12. The Balaban J connectivity index is 2.88. The summed E-state index contributed by atoms with van der Waals surface area (Å²) in [5.41, 5.74) is 0.770. The third kappa shape index (κ3) is 2.36. The largest absolute Gasteiger partial charge is 0.341 e. The summed E-state index contributed by atoms with van der Waals surface area (Å²) in [4.78, 5) is 12.7. The average Bonchev–Trinajstić information content (AvgIpc) is 2.15. The standard InChI is InChI=1S/C9H11ClN2O/c1-11-9(13)12(2)8-5-3-4-7(10)6-8/h3-6H,1-2H3,(H,11,13). The molecule has 3 nitrogen and oxygen atoms in total. The van der Waals surface area contributed by atoms with E-state index in [9.17, 15) is 4.79 Å². The van der Waals surface area contributed by atoms with Gasteiger partial charge in [0.2, 0.25) is 0 Å². The van der Waals surface area contributed by atoms with Crippen molar-refractivity contribution in [3.63, 3.8) is 0 Å². The monoisotopic (exact) mass is 198 g/mol. The molecule has 0 unspecified atom stereocenters. The van der Waals surface area contributed by atoms with Gasteiger partial charge in [0.25, 0.3) is 0 Å². The van der Waals surface area contributed by atoms with Crippen LogP contribution in [0.2, 0.25) is 5.02 Å². The normalized spacial score (nSPS) is 9.46. The highest BCUT2D eigenvalue weighted by atomic mass is 35.5. The first-order valence-corrected chi connectivity index (χ1v) is 4.24. The van der Waals surface area contributed by atoms with Gasteiger partial charge in [-0.1, -0.05) is 17.7 Å². The van der Waals surface area contributed by atoms with E-state index in [1.54, 1.807) is 32.3 Å². The molecular weight excluding hydrogens is 188 g/mol. The van der Waals surface area contributed by atoms with E-state index in [2.05, 4.69) is 5.32 Å². The van der Waals surface area contributed by atoms with Gasteiger partial charge in [0.05, 0.1) is 0 Å². The summed E-state index contributed by atoms with van der Waals surface area (Å²) >= 11 is 5.78. The molecule has 0 aliphatic carbocycles. The minimum Gasteiger partial charge on any atom is -0.341 e. The lowest BCUT2D eigenvalue weighted by Crippen LogP contribution is -2.34. The summed E-state index contributed by atoms with van der Waals surface area (Å²) in [6, 6.07) is 6.96. The molecule has 0 saturated carbocycles. The number of benzene rings is 1. The van der Waals surface area contributed by atoms with Crippen molar-refractivity contribution in [2.24, 2.45) is 0 Å². The van der Waals surface area contributed by atoms with Crippen LogP contribution in [0, 0.1) is 0 Å². The van der Waals surface area contributed by atoms with Crippen LogP contribution >= 0.6 is 11.6 Å². The lowest BCUT2D eigenvalue weighted by molar-refractivity contribution is 0.249.